The number of amides is 1. The van der Waals surface area contributed by atoms with Crippen LogP contribution in [0, 0.1) is 11.8 Å². The fourth-order valence-electron chi connectivity index (χ4n) is 2.04. The van der Waals surface area contributed by atoms with Gasteiger partial charge in [0.1, 0.15) is 0 Å². The molecule has 2 aromatic rings. The molecule has 0 spiro atoms. The first-order valence-electron chi connectivity index (χ1n) is 6.72. The first-order chi connectivity index (χ1) is 10.1. The molecule has 1 heterocycles. The van der Waals surface area contributed by atoms with Gasteiger partial charge in [-0.05, 0) is 24.0 Å². The predicted octanol–water partition coefficient (Wildman–Crippen LogP) is 3.28. The highest BCUT2D eigenvalue weighted by molar-refractivity contribution is 5.94. The van der Waals surface area contributed by atoms with Crippen molar-refractivity contribution < 1.29 is 13.6 Å². The van der Waals surface area contributed by atoms with Crippen LogP contribution in [0.5, 0.6) is 0 Å². The van der Waals surface area contributed by atoms with Gasteiger partial charge in [0.15, 0.2) is 5.82 Å². The quantitative estimate of drug-likeness (QED) is 0.859. The summed E-state index contributed by atoms with van der Waals surface area (Å²) in [6.45, 7) is 2.44. The number of pyridine rings is 1. The molecule has 1 aromatic heterocycles. The number of hydrogen-bond donors (Lipinski definition) is 1. The van der Waals surface area contributed by atoms with Gasteiger partial charge >= 0.3 is 0 Å². The Bertz CT molecular complexity index is 617. The lowest BCUT2D eigenvalue weighted by Crippen LogP contribution is -2.26. The maximum absolute atomic E-state index is 13.4. The van der Waals surface area contributed by atoms with Crippen molar-refractivity contribution in [1.82, 2.24) is 10.3 Å². The van der Waals surface area contributed by atoms with Crippen LogP contribution in [0.25, 0.3) is 0 Å². The summed E-state index contributed by atoms with van der Waals surface area (Å²) in [7, 11) is 0. The van der Waals surface area contributed by atoms with Crippen LogP contribution >= 0.6 is 0 Å². The Morgan fingerprint density at radius 2 is 1.95 bits per heavy atom. The highest BCUT2D eigenvalue weighted by Crippen LogP contribution is 2.17. The van der Waals surface area contributed by atoms with E-state index in [4.69, 9.17) is 0 Å². The summed E-state index contributed by atoms with van der Waals surface area (Å²) >= 11 is 0. The number of benzene rings is 1. The number of carbonyl (C=O) groups excluding carboxylic acids is 1. The summed E-state index contributed by atoms with van der Waals surface area (Å²) in [6.07, 6.45) is 1.78. The zero-order chi connectivity index (χ0) is 15.2. The largest absolute Gasteiger partial charge is 0.352 e. The second kappa shape index (κ2) is 6.92. The van der Waals surface area contributed by atoms with Gasteiger partial charge in [0.25, 0.3) is 5.91 Å². The topological polar surface area (TPSA) is 42.0 Å². The first-order valence-corrected chi connectivity index (χ1v) is 6.72. The lowest BCUT2D eigenvalue weighted by atomic mass is 9.98. The second-order valence-electron chi connectivity index (χ2n) is 4.82. The third kappa shape index (κ3) is 3.84. The standard InChI is InChI=1S/C16H16F2N2O/c1-11(12-5-3-2-4-6-12)7-9-20-16(21)13-8-10-19-15(18)14(13)17/h2-6,8,10-11H,7,9H2,1H3,(H,20,21). The summed E-state index contributed by atoms with van der Waals surface area (Å²) in [5.41, 5.74) is 0.850. The van der Waals surface area contributed by atoms with E-state index in [0.29, 0.717) is 13.0 Å². The van der Waals surface area contributed by atoms with E-state index in [1.165, 1.54) is 5.56 Å². The van der Waals surface area contributed by atoms with Crippen LogP contribution in [-0.4, -0.2) is 17.4 Å². The predicted molar refractivity (Wildman–Crippen MR) is 76.0 cm³/mol. The van der Waals surface area contributed by atoms with E-state index >= 15 is 0 Å². The van der Waals surface area contributed by atoms with Crippen molar-refractivity contribution in [3.05, 3.63) is 65.5 Å². The molecule has 0 saturated heterocycles. The van der Waals surface area contributed by atoms with Gasteiger partial charge in [0, 0.05) is 12.7 Å². The lowest BCUT2D eigenvalue weighted by Gasteiger charge is -2.12. The lowest BCUT2D eigenvalue weighted by molar-refractivity contribution is 0.0947. The number of carbonyl (C=O) groups is 1. The Balaban J connectivity index is 1.89. The van der Waals surface area contributed by atoms with Gasteiger partial charge < -0.3 is 5.32 Å². The zero-order valence-corrected chi connectivity index (χ0v) is 11.6. The third-order valence-electron chi connectivity index (χ3n) is 3.32. The zero-order valence-electron chi connectivity index (χ0n) is 11.6. The normalized spacial score (nSPS) is 12.0. The highest BCUT2D eigenvalue weighted by atomic mass is 19.2. The van der Waals surface area contributed by atoms with Crippen molar-refractivity contribution in [2.45, 2.75) is 19.3 Å². The summed E-state index contributed by atoms with van der Waals surface area (Å²) in [4.78, 5) is 14.9. The molecule has 0 aliphatic carbocycles. The van der Waals surface area contributed by atoms with Crippen molar-refractivity contribution in [3.63, 3.8) is 0 Å². The Labute approximate surface area is 122 Å². The van der Waals surface area contributed by atoms with Crippen molar-refractivity contribution in [3.8, 4) is 0 Å². The van der Waals surface area contributed by atoms with Gasteiger partial charge in [0.05, 0.1) is 5.56 Å². The van der Waals surface area contributed by atoms with E-state index in [1.807, 2.05) is 37.3 Å². The van der Waals surface area contributed by atoms with Crippen molar-refractivity contribution >= 4 is 5.91 Å². The molecule has 0 fully saturated rings. The van der Waals surface area contributed by atoms with Crippen LogP contribution in [0.4, 0.5) is 8.78 Å². The van der Waals surface area contributed by atoms with Crippen LogP contribution in [0.3, 0.4) is 0 Å². The van der Waals surface area contributed by atoms with Crippen molar-refractivity contribution in [1.29, 1.82) is 0 Å². The average molecular weight is 290 g/mol. The molecule has 0 bridgehead atoms. The SMILES string of the molecule is CC(CCNC(=O)c1ccnc(F)c1F)c1ccccc1. The Morgan fingerprint density at radius 3 is 2.67 bits per heavy atom. The van der Waals surface area contributed by atoms with E-state index in [2.05, 4.69) is 10.3 Å². The molecule has 110 valence electrons. The molecule has 1 aromatic carbocycles. The second-order valence-corrected chi connectivity index (χ2v) is 4.82. The Hall–Kier alpha value is -2.30. The maximum atomic E-state index is 13.4. The minimum absolute atomic E-state index is 0.269. The molecule has 0 saturated carbocycles. The molecule has 2 rings (SSSR count). The molecule has 0 aliphatic heterocycles. The molecule has 5 heteroatoms. The summed E-state index contributed by atoms with van der Waals surface area (Å²) in [5.74, 6) is -2.84. The van der Waals surface area contributed by atoms with Gasteiger partial charge in [-0.3, -0.25) is 4.79 Å². The van der Waals surface area contributed by atoms with Crippen LogP contribution in [-0.2, 0) is 0 Å². The summed E-state index contributed by atoms with van der Waals surface area (Å²) in [5, 5.41) is 2.59. The van der Waals surface area contributed by atoms with Gasteiger partial charge in [-0.1, -0.05) is 37.3 Å². The number of rotatable bonds is 5. The number of nitrogens with zero attached hydrogens (tertiary/aromatic N) is 1. The third-order valence-corrected chi connectivity index (χ3v) is 3.32. The molecule has 0 aliphatic rings. The van der Waals surface area contributed by atoms with Crippen LogP contribution in [0.15, 0.2) is 42.6 Å². The average Bonchev–Trinajstić information content (AvgIpc) is 2.50. The molecular weight excluding hydrogens is 274 g/mol. The van der Waals surface area contributed by atoms with Gasteiger partial charge in [-0.25, -0.2) is 9.37 Å². The molecule has 1 unspecified atom stereocenters. The smallest absolute Gasteiger partial charge is 0.254 e. The molecule has 0 radical (unpaired) electrons. The number of aromatic nitrogens is 1. The fourth-order valence-corrected chi connectivity index (χ4v) is 2.04. The number of halogens is 2. The minimum atomic E-state index is -1.26. The minimum Gasteiger partial charge on any atom is -0.352 e. The summed E-state index contributed by atoms with van der Waals surface area (Å²) in [6, 6.07) is 11.1. The van der Waals surface area contributed by atoms with Crippen LogP contribution in [0.1, 0.15) is 35.2 Å². The molecule has 3 nitrogen and oxygen atoms in total. The monoisotopic (exact) mass is 290 g/mol. The van der Waals surface area contributed by atoms with E-state index in [1.54, 1.807) is 0 Å². The Kier molecular flexibility index (Phi) is 4.98. The van der Waals surface area contributed by atoms with Crippen molar-refractivity contribution in [2.24, 2.45) is 0 Å². The van der Waals surface area contributed by atoms with E-state index in [-0.39, 0.29) is 11.5 Å². The van der Waals surface area contributed by atoms with Gasteiger partial charge in [-0.15, -0.1) is 0 Å². The molecule has 1 amide bonds. The number of nitrogens with one attached hydrogen (secondary N) is 1. The highest BCUT2D eigenvalue weighted by Gasteiger charge is 2.15. The van der Waals surface area contributed by atoms with Gasteiger partial charge in [0.2, 0.25) is 5.95 Å². The van der Waals surface area contributed by atoms with Crippen LogP contribution in [0.2, 0.25) is 0 Å². The van der Waals surface area contributed by atoms with Gasteiger partial charge in [-0.2, -0.15) is 4.39 Å². The fraction of sp³-hybridized carbons (Fsp3) is 0.250. The maximum Gasteiger partial charge on any atom is 0.254 e. The number of hydrogen-bond acceptors (Lipinski definition) is 2. The van der Waals surface area contributed by atoms with E-state index in [9.17, 15) is 13.6 Å². The van der Waals surface area contributed by atoms with Crippen LogP contribution < -0.4 is 5.32 Å². The van der Waals surface area contributed by atoms with E-state index < -0.39 is 17.7 Å². The summed E-state index contributed by atoms with van der Waals surface area (Å²) < 4.78 is 26.3. The molecule has 21 heavy (non-hydrogen) atoms. The molecular formula is C16H16F2N2O. The first kappa shape index (κ1) is 15.1. The molecule has 1 atom stereocenters. The van der Waals surface area contributed by atoms with Crippen molar-refractivity contribution in [2.75, 3.05) is 6.54 Å². The van der Waals surface area contributed by atoms with E-state index in [0.717, 1.165) is 12.3 Å². The Morgan fingerprint density at radius 1 is 1.24 bits per heavy atom. The molecule has 1 N–H and O–H groups in total.